The van der Waals surface area contributed by atoms with Gasteiger partial charge in [-0.3, -0.25) is 0 Å². The van der Waals surface area contributed by atoms with E-state index in [-0.39, 0.29) is 36.0 Å². The van der Waals surface area contributed by atoms with Crippen molar-refractivity contribution in [1.82, 2.24) is 9.21 Å². The number of hydrogen-bond donors (Lipinski definition) is 1. The predicted octanol–water partition coefficient (Wildman–Crippen LogP) is 2.02. The van der Waals surface area contributed by atoms with Crippen molar-refractivity contribution in [3.8, 4) is 17.6 Å². The molecule has 1 aliphatic rings. The third-order valence-corrected chi connectivity index (χ3v) is 6.74. The highest BCUT2D eigenvalue weighted by molar-refractivity contribution is 7.89. The second kappa shape index (κ2) is 9.27. The van der Waals surface area contributed by atoms with Crippen LogP contribution in [-0.2, 0) is 10.0 Å². The molecule has 3 atom stereocenters. The molecule has 156 valence electrons. The van der Waals surface area contributed by atoms with Crippen molar-refractivity contribution in [2.75, 3.05) is 33.8 Å². The molecule has 0 saturated heterocycles. The van der Waals surface area contributed by atoms with Crippen LogP contribution in [0.25, 0.3) is 0 Å². The van der Waals surface area contributed by atoms with Crippen LogP contribution in [0.3, 0.4) is 0 Å². The second-order valence-corrected chi connectivity index (χ2v) is 9.95. The number of aliphatic hydroxyl groups excluding tert-OH is 1. The van der Waals surface area contributed by atoms with E-state index in [2.05, 4.69) is 11.8 Å². The van der Waals surface area contributed by atoms with E-state index in [1.165, 1.54) is 4.31 Å². The first-order chi connectivity index (χ1) is 13.1. The molecule has 0 amide bonds. The maximum Gasteiger partial charge on any atom is 0.247 e. The zero-order chi connectivity index (χ0) is 21.1. The van der Waals surface area contributed by atoms with E-state index in [0.29, 0.717) is 12.3 Å². The number of benzene rings is 1. The van der Waals surface area contributed by atoms with Crippen molar-refractivity contribution < 1.29 is 18.3 Å². The van der Waals surface area contributed by atoms with Crippen LogP contribution < -0.4 is 4.74 Å². The largest absolute Gasteiger partial charge is 0.487 e. The summed E-state index contributed by atoms with van der Waals surface area (Å²) in [6.45, 7) is 8.42. The molecule has 7 heteroatoms. The zero-order valence-corrected chi connectivity index (χ0v) is 18.5. The topological polar surface area (TPSA) is 70.1 Å². The third-order valence-electron chi connectivity index (χ3n) is 4.72. The Morgan fingerprint density at radius 1 is 1.32 bits per heavy atom. The number of likely N-dealkylation sites (N-methyl/N-ethyl adjacent to an activating group) is 1. The van der Waals surface area contributed by atoms with Crippen molar-refractivity contribution in [3.63, 3.8) is 0 Å². The molecular weight excluding hydrogens is 376 g/mol. The number of ether oxygens (including phenoxy) is 1. The fourth-order valence-electron chi connectivity index (χ4n) is 3.11. The Balaban J connectivity index is 2.61. The molecule has 0 aliphatic carbocycles. The summed E-state index contributed by atoms with van der Waals surface area (Å²) in [6.07, 6.45) is -0.189. The van der Waals surface area contributed by atoms with Crippen molar-refractivity contribution in [2.45, 2.75) is 44.7 Å². The van der Waals surface area contributed by atoms with E-state index in [1.807, 2.05) is 39.8 Å². The first-order valence-electron chi connectivity index (χ1n) is 9.66. The number of sulfonamides is 1. The fourth-order valence-corrected chi connectivity index (χ4v) is 4.93. The first-order valence-corrected chi connectivity index (χ1v) is 11.1. The Morgan fingerprint density at radius 2 is 2.00 bits per heavy atom. The fraction of sp³-hybridized carbons (Fsp3) is 0.619. The van der Waals surface area contributed by atoms with E-state index in [9.17, 15) is 13.5 Å². The lowest BCUT2D eigenvalue weighted by Gasteiger charge is -2.37. The van der Waals surface area contributed by atoms with Gasteiger partial charge in [-0.15, -0.1) is 0 Å². The summed E-state index contributed by atoms with van der Waals surface area (Å²) in [6, 6.07) is 4.47. The van der Waals surface area contributed by atoms with Crippen LogP contribution >= 0.6 is 0 Å². The first kappa shape index (κ1) is 22.7. The minimum absolute atomic E-state index is 0.0512. The van der Waals surface area contributed by atoms with Gasteiger partial charge in [0.15, 0.2) is 0 Å². The number of rotatable bonds is 4. The van der Waals surface area contributed by atoms with Gasteiger partial charge >= 0.3 is 0 Å². The average Bonchev–Trinajstić information content (AvgIpc) is 2.61. The molecule has 28 heavy (non-hydrogen) atoms. The van der Waals surface area contributed by atoms with Crippen LogP contribution in [0.5, 0.6) is 5.75 Å². The summed E-state index contributed by atoms with van der Waals surface area (Å²) in [5.41, 5.74) is 0.723. The van der Waals surface area contributed by atoms with Gasteiger partial charge < -0.3 is 14.7 Å². The summed E-state index contributed by atoms with van der Waals surface area (Å²) in [4.78, 5) is 2.15. The van der Waals surface area contributed by atoms with Crippen molar-refractivity contribution >= 4 is 10.0 Å². The van der Waals surface area contributed by atoms with Crippen LogP contribution in [0.2, 0.25) is 0 Å². The summed E-state index contributed by atoms with van der Waals surface area (Å²) in [5.74, 6) is 6.67. The molecule has 0 saturated carbocycles. The molecule has 0 spiro atoms. The van der Waals surface area contributed by atoms with Gasteiger partial charge in [-0.1, -0.05) is 32.6 Å². The van der Waals surface area contributed by atoms with Gasteiger partial charge in [-0.05, 0) is 39.2 Å². The molecule has 1 aliphatic heterocycles. The molecule has 0 unspecified atom stereocenters. The molecular formula is C21H32N2O4S. The van der Waals surface area contributed by atoms with Gasteiger partial charge in [0.25, 0.3) is 0 Å². The van der Waals surface area contributed by atoms with Gasteiger partial charge in [-0.25, -0.2) is 8.42 Å². The Kier molecular flexibility index (Phi) is 7.52. The van der Waals surface area contributed by atoms with Gasteiger partial charge in [0, 0.05) is 36.5 Å². The Hall–Kier alpha value is -1.59. The van der Waals surface area contributed by atoms with Gasteiger partial charge in [0.05, 0.1) is 6.61 Å². The van der Waals surface area contributed by atoms with E-state index >= 15 is 0 Å². The molecule has 1 aromatic carbocycles. The molecule has 0 radical (unpaired) electrons. The van der Waals surface area contributed by atoms with Gasteiger partial charge in [-0.2, -0.15) is 4.31 Å². The SMILES string of the molecule is CC(C)C#Cc1ccc2c(c1)O[C@@H](CN(C)C)[C@H](C)CN([C@H](C)CO)S2(=O)=O. The number of hydrogen-bond acceptors (Lipinski definition) is 5. The smallest absolute Gasteiger partial charge is 0.247 e. The highest BCUT2D eigenvalue weighted by atomic mass is 32.2. The molecule has 0 bridgehead atoms. The number of aliphatic hydroxyl groups is 1. The lowest BCUT2D eigenvalue weighted by atomic mass is 10.0. The van der Waals surface area contributed by atoms with Crippen LogP contribution in [0.15, 0.2) is 23.1 Å². The molecule has 2 rings (SSSR count). The van der Waals surface area contributed by atoms with E-state index < -0.39 is 16.1 Å². The van der Waals surface area contributed by atoms with E-state index in [0.717, 1.165) is 5.56 Å². The van der Waals surface area contributed by atoms with E-state index in [4.69, 9.17) is 4.74 Å². The highest BCUT2D eigenvalue weighted by Gasteiger charge is 2.37. The standard InChI is InChI=1S/C21H32N2O4S/c1-15(2)7-8-18-9-10-21-19(11-18)27-20(13-22(5)6)16(3)12-23(17(4)14-24)28(21,25)26/h9-11,15-17,20,24H,12-14H2,1-6H3/t16-,17-,20+/m1/s1. The normalized spacial score (nSPS) is 23.2. The van der Waals surface area contributed by atoms with Gasteiger partial charge in [0.1, 0.15) is 16.7 Å². The third kappa shape index (κ3) is 5.26. The minimum atomic E-state index is -3.80. The maximum atomic E-state index is 13.3. The Bertz CT molecular complexity index is 840. The summed E-state index contributed by atoms with van der Waals surface area (Å²) in [7, 11) is 0.127. The Labute approximate surface area is 169 Å². The maximum absolute atomic E-state index is 13.3. The summed E-state index contributed by atoms with van der Waals surface area (Å²) < 4.78 is 34.3. The lowest BCUT2D eigenvalue weighted by molar-refractivity contribution is 0.0812. The van der Waals surface area contributed by atoms with Crippen LogP contribution in [0.1, 0.15) is 33.3 Å². The predicted molar refractivity (Wildman–Crippen MR) is 111 cm³/mol. The highest BCUT2D eigenvalue weighted by Crippen LogP contribution is 2.34. The van der Waals surface area contributed by atoms with Crippen molar-refractivity contribution in [2.24, 2.45) is 11.8 Å². The monoisotopic (exact) mass is 408 g/mol. The summed E-state index contributed by atoms with van der Waals surface area (Å²) in [5, 5.41) is 9.63. The molecule has 1 aromatic rings. The zero-order valence-electron chi connectivity index (χ0n) is 17.6. The van der Waals surface area contributed by atoms with Crippen molar-refractivity contribution in [3.05, 3.63) is 23.8 Å². The minimum Gasteiger partial charge on any atom is -0.487 e. The van der Waals surface area contributed by atoms with Crippen molar-refractivity contribution in [1.29, 1.82) is 0 Å². The van der Waals surface area contributed by atoms with Gasteiger partial charge in [0.2, 0.25) is 10.0 Å². The molecule has 0 fully saturated rings. The molecule has 6 nitrogen and oxygen atoms in total. The molecule has 1 heterocycles. The quantitative estimate of drug-likeness (QED) is 0.772. The average molecular weight is 409 g/mol. The van der Waals surface area contributed by atoms with Crippen LogP contribution in [0.4, 0.5) is 0 Å². The number of fused-ring (bicyclic) bond motifs is 1. The molecule has 1 N–H and O–H groups in total. The van der Waals surface area contributed by atoms with Crippen LogP contribution in [0, 0.1) is 23.7 Å². The summed E-state index contributed by atoms with van der Waals surface area (Å²) >= 11 is 0. The lowest BCUT2D eigenvalue weighted by Crippen LogP contribution is -2.49. The van der Waals surface area contributed by atoms with Crippen LogP contribution in [-0.4, -0.2) is 68.7 Å². The molecule has 0 aromatic heterocycles. The Morgan fingerprint density at radius 3 is 2.57 bits per heavy atom. The second-order valence-electron chi connectivity index (χ2n) is 8.09. The van der Waals surface area contributed by atoms with E-state index in [1.54, 1.807) is 25.1 Å². The number of nitrogens with zero attached hydrogens (tertiary/aromatic N) is 2.